The monoisotopic (exact) mass is 269 g/mol. The van der Waals surface area contributed by atoms with Crippen molar-refractivity contribution in [3.05, 3.63) is 35.4 Å². The molecule has 2 aliphatic rings. The van der Waals surface area contributed by atoms with Crippen molar-refractivity contribution in [3.63, 3.8) is 0 Å². The van der Waals surface area contributed by atoms with Crippen molar-refractivity contribution < 1.29 is 4.79 Å². The van der Waals surface area contributed by atoms with Gasteiger partial charge in [-0.25, -0.2) is 0 Å². The van der Waals surface area contributed by atoms with Gasteiger partial charge in [0.15, 0.2) is 0 Å². The van der Waals surface area contributed by atoms with Crippen LogP contribution in [0.3, 0.4) is 0 Å². The Hall–Kier alpha value is -1.86. The van der Waals surface area contributed by atoms with E-state index in [4.69, 9.17) is 5.26 Å². The van der Waals surface area contributed by atoms with Crippen LogP contribution in [0.1, 0.15) is 36.4 Å². The van der Waals surface area contributed by atoms with E-state index in [9.17, 15) is 4.79 Å². The average molecular weight is 269 g/mol. The second kappa shape index (κ2) is 5.64. The van der Waals surface area contributed by atoms with E-state index in [1.165, 1.54) is 5.56 Å². The van der Waals surface area contributed by atoms with Crippen LogP contribution >= 0.6 is 0 Å². The van der Waals surface area contributed by atoms with Gasteiger partial charge in [-0.05, 0) is 36.8 Å². The topological polar surface area (TPSA) is 64.9 Å². The van der Waals surface area contributed by atoms with Gasteiger partial charge in [-0.15, -0.1) is 0 Å². The van der Waals surface area contributed by atoms with E-state index < -0.39 is 0 Å². The van der Waals surface area contributed by atoms with Crippen molar-refractivity contribution in [2.24, 2.45) is 5.92 Å². The number of nitrogens with one attached hydrogen (secondary N) is 2. The molecule has 0 saturated heterocycles. The Morgan fingerprint density at radius 3 is 3.05 bits per heavy atom. The molecule has 1 heterocycles. The molecule has 3 rings (SSSR count). The fourth-order valence-corrected chi connectivity index (χ4v) is 3.29. The summed E-state index contributed by atoms with van der Waals surface area (Å²) in [5.74, 6) is -0.0258. The van der Waals surface area contributed by atoms with Crippen molar-refractivity contribution in [1.82, 2.24) is 10.6 Å². The lowest BCUT2D eigenvalue weighted by Crippen LogP contribution is -2.46. The zero-order valence-electron chi connectivity index (χ0n) is 11.4. The van der Waals surface area contributed by atoms with Crippen molar-refractivity contribution in [3.8, 4) is 6.07 Å². The van der Waals surface area contributed by atoms with Gasteiger partial charge in [0.2, 0.25) is 5.91 Å². The number of carbonyl (C=O) groups excluding carboxylic acids is 1. The molecule has 2 N–H and O–H groups in total. The van der Waals surface area contributed by atoms with E-state index in [0.29, 0.717) is 0 Å². The quantitative estimate of drug-likeness (QED) is 0.858. The van der Waals surface area contributed by atoms with Gasteiger partial charge in [-0.3, -0.25) is 4.79 Å². The van der Waals surface area contributed by atoms with E-state index in [0.717, 1.165) is 37.8 Å². The Bertz CT molecular complexity index is 549. The predicted molar refractivity (Wildman–Crippen MR) is 75.8 cm³/mol. The van der Waals surface area contributed by atoms with Gasteiger partial charge in [0, 0.05) is 12.6 Å². The lowest BCUT2D eigenvalue weighted by atomic mass is 9.93. The molecule has 1 aliphatic carbocycles. The summed E-state index contributed by atoms with van der Waals surface area (Å²) < 4.78 is 0. The Morgan fingerprint density at radius 1 is 1.35 bits per heavy atom. The molecular formula is C16H19N3O. The highest BCUT2D eigenvalue weighted by Gasteiger charge is 2.32. The van der Waals surface area contributed by atoms with Crippen molar-refractivity contribution in [2.45, 2.75) is 37.8 Å². The molecule has 0 aromatic heterocycles. The lowest BCUT2D eigenvalue weighted by Gasteiger charge is -2.27. The Morgan fingerprint density at radius 2 is 2.20 bits per heavy atom. The van der Waals surface area contributed by atoms with Crippen molar-refractivity contribution in [2.75, 3.05) is 6.54 Å². The molecule has 0 radical (unpaired) electrons. The molecule has 104 valence electrons. The number of nitrogens with zero attached hydrogens (tertiary/aromatic N) is 1. The van der Waals surface area contributed by atoms with Crippen LogP contribution in [-0.2, 0) is 11.2 Å². The predicted octanol–water partition coefficient (Wildman–Crippen LogP) is 1.68. The van der Waals surface area contributed by atoms with Gasteiger partial charge in [-0.1, -0.05) is 24.3 Å². The molecule has 0 spiro atoms. The van der Waals surface area contributed by atoms with Crippen molar-refractivity contribution >= 4 is 5.91 Å². The summed E-state index contributed by atoms with van der Waals surface area (Å²) in [6.07, 6.45) is 3.80. The molecule has 3 unspecified atom stereocenters. The molecule has 20 heavy (non-hydrogen) atoms. The summed E-state index contributed by atoms with van der Waals surface area (Å²) in [4.78, 5) is 12.5. The third-order valence-electron chi connectivity index (χ3n) is 4.38. The van der Waals surface area contributed by atoms with Gasteiger partial charge >= 0.3 is 0 Å². The second-order valence-corrected chi connectivity index (χ2v) is 5.62. The summed E-state index contributed by atoms with van der Waals surface area (Å²) in [5.41, 5.74) is 2.32. The highest BCUT2D eigenvalue weighted by Crippen LogP contribution is 2.27. The standard InChI is InChI=1S/C16H19N3O/c17-10-12-5-3-7-14(12)19-16(20)15-13-6-2-1-4-11(13)8-9-18-15/h1-2,4,6,12,14-15,18H,3,5,7-9H2,(H,19,20). The van der Waals surface area contributed by atoms with E-state index >= 15 is 0 Å². The summed E-state index contributed by atoms with van der Waals surface area (Å²) in [5, 5.41) is 15.5. The third-order valence-corrected chi connectivity index (χ3v) is 4.38. The van der Waals surface area contributed by atoms with Crippen molar-refractivity contribution in [1.29, 1.82) is 5.26 Å². The molecule has 1 aliphatic heterocycles. The molecule has 1 amide bonds. The Balaban J connectivity index is 1.74. The Labute approximate surface area is 119 Å². The zero-order chi connectivity index (χ0) is 13.9. The lowest BCUT2D eigenvalue weighted by molar-refractivity contribution is -0.124. The van der Waals surface area contributed by atoms with Gasteiger partial charge in [-0.2, -0.15) is 5.26 Å². The van der Waals surface area contributed by atoms with Crippen LogP contribution in [0.15, 0.2) is 24.3 Å². The van der Waals surface area contributed by atoms with E-state index in [-0.39, 0.29) is 23.9 Å². The van der Waals surface area contributed by atoms with Gasteiger partial charge in [0.05, 0.1) is 12.0 Å². The number of nitriles is 1. The molecule has 3 atom stereocenters. The van der Waals surface area contributed by atoms with Gasteiger partial charge in [0.25, 0.3) is 0 Å². The van der Waals surface area contributed by atoms with Gasteiger partial charge < -0.3 is 10.6 Å². The number of hydrogen-bond donors (Lipinski definition) is 2. The van der Waals surface area contributed by atoms with Crippen LogP contribution in [0.5, 0.6) is 0 Å². The normalized spacial score (nSPS) is 28.4. The minimum atomic E-state index is -0.278. The number of hydrogen-bond acceptors (Lipinski definition) is 3. The maximum atomic E-state index is 12.5. The molecule has 4 heteroatoms. The molecule has 0 bridgehead atoms. The van der Waals surface area contributed by atoms with Crippen LogP contribution < -0.4 is 10.6 Å². The fraction of sp³-hybridized carbons (Fsp3) is 0.500. The summed E-state index contributed by atoms with van der Waals surface area (Å²) in [7, 11) is 0. The van der Waals surface area contributed by atoms with Crippen LogP contribution in [-0.4, -0.2) is 18.5 Å². The third kappa shape index (κ3) is 2.41. The number of carbonyl (C=O) groups is 1. The summed E-state index contributed by atoms with van der Waals surface area (Å²) >= 11 is 0. The number of benzene rings is 1. The van der Waals surface area contributed by atoms with E-state index in [1.807, 2.05) is 18.2 Å². The molecular weight excluding hydrogens is 250 g/mol. The first-order valence-corrected chi connectivity index (χ1v) is 7.31. The number of rotatable bonds is 2. The largest absolute Gasteiger partial charge is 0.350 e. The number of fused-ring (bicyclic) bond motifs is 1. The summed E-state index contributed by atoms with van der Waals surface area (Å²) in [6, 6.07) is 10.1. The molecule has 1 aromatic rings. The van der Waals surface area contributed by atoms with E-state index in [2.05, 4.69) is 22.8 Å². The van der Waals surface area contributed by atoms with Crippen LogP contribution in [0.25, 0.3) is 0 Å². The first-order chi connectivity index (χ1) is 9.79. The molecule has 1 saturated carbocycles. The smallest absolute Gasteiger partial charge is 0.242 e. The highest BCUT2D eigenvalue weighted by molar-refractivity contribution is 5.84. The minimum absolute atomic E-state index is 0.00398. The Kier molecular flexibility index (Phi) is 3.70. The maximum absolute atomic E-state index is 12.5. The zero-order valence-corrected chi connectivity index (χ0v) is 11.4. The SMILES string of the molecule is N#CC1CCCC1NC(=O)C1NCCc2ccccc21. The van der Waals surface area contributed by atoms with E-state index in [1.54, 1.807) is 0 Å². The molecule has 1 aromatic carbocycles. The minimum Gasteiger partial charge on any atom is -0.350 e. The first-order valence-electron chi connectivity index (χ1n) is 7.31. The molecule has 1 fully saturated rings. The fourth-order valence-electron chi connectivity index (χ4n) is 3.29. The average Bonchev–Trinajstić information content (AvgIpc) is 2.93. The van der Waals surface area contributed by atoms with Gasteiger partial charge in [0.1, 0.15) is 6.04 Å². The van der Waals surface area contributed by atoms with Crippen LogP contribution in [0.4, 0.5) is 0 Å². The van der Waals surface area contributed by atoms with Crippen LogP contribution in [0, 0.1) is 17.2 Å². The highest BCUT2D eigenvalue weighted by atomic mass is 16.2. The maximum Gasteiger partial charge on any atom is 0.242 e. The van der Waals surface area contributed by atoms with Crippen LogP contribution in [0.2, 0.25) is 0 Å². The second-order valence-electron chi connectivity index (χ2n) is 5.62. The first kappa shape index (κ1) is 13.1. The molecule has 4 nitrogen and oxygen atoms in total. The summed E-state index contributed by atoms with van der Waals surface area (Å²) in [6.45, 7) is 0.821. The number of amides is 1.